The van der Waals surface area contributed by atoms with Crippen LogP contribution in [-0.2, 0) is 15.0 Å². The van der Waals surface area contributed by atoms with Crippen LogP contribution in [0.15, 0.2) is 92.2 Å². The van der Waals surface area contributed by atoms with E-state index in [1.807, 2.05) is 48.5 Å². The second kappa shape index (κ2) is 13.1. The van der Waals surface area contributed by atoms with Crippen molar-refractivity contribution in [2.24, 2.45) is 11.1 Å². The van der Waals surface area contributed by atoms with Gasteiger partial charge in [0.15, 0.2) is 5.76 Å². The fraction of sp³-hybridized carbons (Fsp3) is 0.361. The van der Waals surface area contributed by atoms with Gasteiger partial charge in [0.25, 0.3) is 0 Å². The van der Waals surface area contributed by atoms with Gasteiger partial charge in [-0.3, -0.25) is 4.79 Å². The predicted octanol–water partition coefficient (Wildman–Crippen LogP) is 9.74. The van der Waals surface area contributed by atoms with Crippen molar-refractivity contribution in [3.8, 4) is 0 Å². The minimum Gasteiger partial charge on any atom is -0.453 e. The molecule has 1 heterocycles. The fourth-order valence-corrected chi connectivity index (χ4v) is 6.27. The van der Waals surface area contributed by atoms with Crippen molar-refractivity contribution in [1.29, 1.82) is 0 Å². The van der Waals surface area contributed by atoms with E-state index in [0.29, 0.717) is 11.3 Å². The van der Waals surface area contributed by atoms with Gasteiger partial charge < -0.3 is 9.25 Å². The third kappa shape index (κ3) is 7.22. The number of oxime groups is 1. The van der Waals surface area contributed by atoms with Crippen LogP contribution in [0, 0.1) is 5.92 Å². The Kier molecular flexibility index (Phi) is 9.32. The molecule has 0 bridgehead atoms. The molecule has 5 nitrogen and oxygen atoms in total. The smallest absolute Gasteiger partial charge is 0.331 e. The molecule has 218 valence electrons. The third-order valence-corrected chi connectivity index (χ3v) is 9.51. The Hall–Kier alpha value is -3.64. The molecule has 1 saturated carbocycles. The summed E-state index contributed by atoms with van der Waals surface area (Å²) in [5.74, 6) is 0.551. The second-order valence-electron chi connectivity index (χ2n) is 11.9. The normalized spacial score (nSPS) is 14.4. The number of hydrogen-bond acceptors (Lipinski definition) is 6. The molecule has 0 amide bonds. The van der Waals surface area contributed by atoms with Gasteiger partial charge in [0.1, 0.15) is 5.58 Å². The maximum Gasteiger partial charge on any atom is 0.331 e. The van der Waals surface area contributed by atoms with Crippen molar-refractivity contribution in [3.05, 3.63) is 95.2 Å². The lowest BCUT2D eigenvalue weighted by Gasteiger charge is -2.23. The van der Waals surface area contributed by atoms with Crippen molar-refractivity contribution in [3.63, 3.8) is 0 Å². The number of rotatable bonds is 11. The minimum absolute atomic E-state index is 0.0677. The number of carbonyl (C=O) groups is 2. The highest BCUT2D eigenvalue weighted by molar-refractivity contribution is 7.99. The lowest BCUT2D eigenvalue weighted by Crippen LogP contribution is -2.14. The summed E-state index contributed by atoms with van der Waals surface area (Å²) in [6.45, 7) is 8.01. The van der Waals surface area contributed by atoms with Gasteiger partial charge in [-0.1, -0.05) is 81.6 Å². The standard InChI is InChI=1S/C36H39NO4S/c1-5-36(3,4)29-15-21-33-28(22-29)23-34(40-33)35(39)27-13-18-31(19-14-27)42-30-16-11-26(12-17-30)32(37-41-24(2)38)20-10-25-8-6-7-9-25/h11-19,21-23,25H,5-10,20H2,1-4H3. The van der Waals surface area contributed by atoms with Gasteiger partial charge in [0, 0.05) is 27.7 Å². The van der Waals surface area contributed by atoms with Crippen molar-refractivity contribution >= 4 is 40.2 Å². The number of benzene rings is 3. The molecule has 0 aliphatic heterocycles. The fourth-order valence-electron chi connectivity index (χ4n) is 5.45. The summed E-state index contributed by atoms with van der Waals surface area (Å²) in [4.78, 5) is 31.7. The van der Waals surface area contributed by atoms with Gasteiger partial charge in [-0.05, 0) is 96.3 Å². The van der Waals surface area contributed by atoms with E-state index in [0.717, 1.165) is 57.2 Å². The highest BCUT2D eigenvalue weighted by Crippen LogP contribution is 2.33. The van der Waals surface area contributed by atoms with Crippen LogP contribution >= 0.6 is 11.8 Å². The van der Waals surface area contributed by atoms with Gasteiger partial charge in [-0.2, -0.15) is 0 Å². The molecule has 0 radical (unpaired) electrons. The third-order valence-electron chi connectivity index (χ3n) is 8.49. The molecule has 1 aromatic heterocycles. The highest BCUT2D eigenvalue weighted by atomic mass is 32.2. The van der Waals surface area contributed by atoms with Gasteiger partial charge in [-0.15, -0.1) is 0 Å². The Labute approximate surface area is 252 Å². The molecule has 1 aliphatic carbocycles. The van der Waals surface area contributed by atoms with E-state index in [2.05, 4.69) is 50.2 Å². The van der Waals surface area contributed by atoms with Crippen LogP contribution < -0.4 is 0 Å². The monoisotopic (exact) mass is 581 g/mol. The van der Waals surface area contributed by atoms with Crippen LogP contribution in [-0.4, -0.2) is 17.5 Å². The quantitative estimate of drug-likeness (QED) is 0.0763. The molecular formula is C36H39NO4S. The second-order valence-corrected chi connectivity index (χ2v) is 13.0. The summed E-state index contributed by atoms with van der Waals surface area (Å²) >= 11 is 1.63. The minimum atomic E-state index is -0.409. The Bertz CT molecular complexity index is 1580. The first kappa shape index (κ1) is 29.8. The van der Waals surface area contributed by atoms with E-state index in [9.17, 15) is 9.59 Å². The zero-order valence-corrected chi connectivity index (χ0v) is 25.8. The van der Waals surface area contributed by atoms with Crippen LogP contribution in [0.1, 0.15) is 99.9 Å². The summed E-state index contributed by atoms with van der Waals surface area (Å²) < 4.78 is 5.93. The number of nitrogens with zero attached hydrogens (tertiary/aromatic N) is 1. The molecule has 5 rings (SSSR count). The highest BCUT2D eigenvalue weighted by Gasteiger charge is 2.21. The van der Waals surface area contributed by atoms with E-state index < -0.39 is 5.97 Å². The molecule has 0 atom stereocenters. The van der Waals surface area contributed by atoms with Crippen LogP contribution in [0.2, 0.25) is 0 Å². The maximum atomic E-state index is 13.2. The van der Waals surface area contributed by atoms with Gasteiger partial charge in [0.05, 0.1) is 5.71 Å². The van der Waals surface area contributed by atoms with E-state index in [1.165, 1.54) is 38.2 Å². The topological polar surface area (TPSA) is 68.9 Å². The van der Waals surface area contributed by atoms with Crippen LogP contribution in [0.3, 0.4) is 0 Å². The first-order chi connectivity index (χ1) is 20.2. The first-order valence-electron chi connectivity index (χ1n) is 14.9. The van der Waals surface area contributed by atoms with E-state index in [1.54, 1.807) is 11.8 Å². The van der Waals surface area contributed by atoms with Gasteiger partial charge in [0.2, 0.25) is 5.78 Å². The summed E-state index contributed by atoms with van der Waals surface area (Å²) in [5.41, 5.74) is 4.41. The largest absolute Gasteiger partial charge is 0.453 e. The molecule has 42 heavy (non-hydrogen) atoms. The van der Waals surface area contributed by atoms with Crippen LogP contribution in [0.25, 0.3) is 11.0 Å². The Balaban J connectivity index is 1.24. The zero-order valence-electron chi connectivity index (χ0n) is 24.9. The average molecular weight is 582 g/mol. The Morgan fingerprint density at radius 1 is 0.929 bits per heavy atom. The Morgan fingerprint density at radius 2 is 1.57 bits per heavy atom. The van der Waals surface area contributed by atoms with Crippen molar-refractivity contribution in [2.75, 3.05) is 0 Å². The molecule has 0 unspecified atom stereocenters. The summed E-state index contributed by atoms with van der Waals surface area (Å²) in [6.07, 6.45) is 8.05. The first-order valence-corrected chi connectivity index (χ1v) is 15.7. The summed E-state index contributed by atoms with van der Waals surface area (Å²) in [5, 5.41) is 5.12. The number of furan rings is 1. The van der Waals surface area contributed by atoms with Crippen molar-refractivity contribution in [1.82, 2.24) is 0 Å². The SMILES string of the molecule is CCC(C)(C)c1ccc2oc(C(=O)c3ccc(Sc4ccc(C(CCC5CCCC5)=NOC(C)=O)cc4)cc3)cc2c1. The lowest BCUT2D eigenvalue weighted by molar-refractivity contribution is -0.140. The van der Waals surface area contributed by atoms with Crippen LogP contribution in [0.5, 0.6) is 0 Å². The zero-order chi connectivity index (χ0) is 29.7. The number of fused-ring (bicyclic) bond motifs is 1. The molecule has 0 saturated heterocycles. The molecule has 3 aromatic carbocycles. The van der Waals surface area contributed by atoms with Crippen molar-refractivity contribution < 1.29 is 18.8 Å². The number of ketones is 1. The van der Waals surface area contributed by atoms with Gasteiger partial charge >= 0.3 is 5.97 Å². The summed E-state index contributed by atoms with van der Waals surface area (Å²) in [6, 6.07) is 23.8. The average Bonchev–Trinajstić information content (AvgIpc) is 3.67. The van der Waals surface area contributed by atoms with Crippen molar-refractivity contribution in [2.45, 2.75) is 87.8 Å². The number of hydrogen-bond donors (Lipinski definition) is 0. The lowest BCUT2D eigenvalue weighted by atomic mass is 9.82. The number of carbonyl (C=O) groups excluding carboxylic acids is 2. The van der Waals surface area contributed by atoms with Crippen LogP contribution in [0.4, 0.5) is 0 Å². The molecule has 1 fully saturated rings. The van der Waals surface area contributed by atoms with Gasteiger partial charge in [-0.25, -0.2) is 4.79 Å². The van der Waals surface area contributed by atoms with E-state index in [4.69, 9.17) is 9.25 Å². The summed E-state index contributed by atoms with van der Waals surface area (Å²) in [7, 11) is 0. The molecule has 4 aromatic rings. The van der Waals surface area contributed by atoms with E-state index in [-0.39, 0.29) is 11.2 Å². The molecule has 0 N–H and O–H groups in total. The predicted molar refractivity (Wildman–Crippen MR) is 169 cm³/mol. The molecule has 1 aliphatic rings. The Morgan fingerprint density at radius 3 is 2.19 bits per heavy atom. The molecule has 6 heteroatoms. The maximum absolute atomic E-state index is 13.2. The van der Waals surface area contributed by atoms with E-state index >= 15 is 0 Å². The molecular weight excluding hydrogens is 542 g/mol. The molecule has 0 spiro atoms.